The van der Waals surface area contributed by atoms with E-state index in [1.165, 1.54) is 0 Å². The smallest absolute Gasteiger partial charge is 0.269 e. The standard InChI is InChI=1S/C20H27N3O3/c1-3-8-19-11-21-13-20(9-4-2,18(19)24)14-22(12-19)17(21)15-6-5-7-16(10-15)23(25)26/h5-7,10,17H,3-4,8-9,11-14H2,1-2H3. The first-order chi connectivity index (χ1) is 12.4. The zero-order valence-electron chi connectivity index (χ0n) is 15.6. The Labute approximate surface area is 154 Å². The van der Waals surface area contributed by atoms with Crippen molar-refractivity contribution in [2.24, 2.45) is 10.8 Å². The summed E-state index contributed by atoms with van der Waals surface area (Å²) in [5.74, 6) is 0.485. The second-order valence-electron chi connectivity index (χ2n) is 8.43. The van der Waals surface area contributed by atoms with Crippen molar-refractivity contribution in [3.8, 4) is 0 Å². The first-order valence-corrected chi connectivity index (χ1v) is 9.72. The number of carbonyl (C=O) groups is 1. The second kappa shape index (κ2) is 6.13. The maximum absolute atomic E-state index is 13.4. The molecule has 0 unspecified atom stereocenters. The number of ketones is 1. The topological polar surface area (TPSA) is 66.7 Å². The number of nitro benzene ring substituents is 1. The maximum Gasteiger partial charge on any atom is 0.269 e. The van der Waals surface area contributed by atoms with Crippen molar-refractivity contribution in [2.75, 3.05) is 26.2 Å². The molecule has 26 heavy (non-hydrogen) atoms. The third-order valence-corrected chi connectivity index (χ3v) is 6.51. The predicted octanol–water partition coefficient (Wildman–Crippen LogP) is 3.38. The van der Waals surface area contributed by atoms with Gasteiger partial charge in [-0.1, -0.05) is 38.8 Å². The lowest BCUT2D eigenvalue weighted by molar-refractivity contribution is -0.385. The molecular formula is C20H27N3O3. The van der Waals surface area contributed by atoms with Crippen LogP contribution in [0.4, 0.5) is 5.69 Å². The van der Waals surface area contributed by atoms with Gasteiger partial charge in [-0.05, 0) is 18.4 Å². The number of Topliss-reactive ketones (excluding diaryl/α,β-unsaturated/α-hetero) is 1. The molecule has 5 rings (SSSR count). The molecule has 4 bridgehead atoms. The lowest BCUT2D eigenvalue weighted by Gasteiger charge is -2.66. The first kappa shape index (κ1) is 17.6. The van der Waals surface area contributed by atoms with E-state index in [1.54, 1.807) is 18.2 Å². The van der Waals surface area contributed by atoms with Gasteiger partial charge in [0.2, 0.25) is 0 Å². The Morgan fingerprint density at radius 2 is 1.62 bits per heavy atom. The Bertz CT molecular complexity index is 704. The molecule has 4 heterocycles. The van der Waals surface area contributed by atoms with Gasteiger partial charge in [-0.2, -0.15) is 0 Å². The fraction of sp³-hybridized carbons (Fsp3) is 0.650. The SMILES string of the molecule is CCCC12CN3CC(CCC)(CN(C1)C3c1cccc([N+](=O)[O-])c1)C2=O. The predicted molar refractivity (Wildman–Crippen MR) is 98.7 cm³/mol. The summed E-state index contributed by atoms with van der Waals surface area (Å²) in [4.78, 5) is 29.1. The lowest BCUT2D eigenvalue weighted by Crippen LogP contribution is -2.76. The van der Waals surface area contributed by atoms with Gasteiger partial charge in [-0.15, -0.1) is 0 Å². The molecule has 0 aliphatic carbocycles. The Balaban J connectivity index is 1.72. The molecule has 0 N–H and O–H groups in total. The van der Waals surface area contributed by atoms with Crippen molar-refractivity contribution in [1.82, 2.24) is 9.80 Å². The van der Waals surface area contributed by atoms with E-state index in [2.05, 4.69) is 23.6 Å². The summed E-state index contributed by atoms with van der Waals surface area (Å²) in [6, 6.07) is 7.01. The second-order valence-corrected chi connectivity index (χ2v) is 8.43. The van der Waals surface area contributed by atoms with Gasteiger partial charge in [0, 0.05) is 38.3 Å². The minimum absolute atomic E-state index is 0.0537. The van der Waals surface area contributed by atoms with Gasteiger partial charge >= 0.3 is 0 Å². The maximum atomic E-state index is 13.4. The van der Waals surface area contributed by atoms with Crippen LogP contribution in [-0.2, 0) is 4.79 Å². The molecule has 0 spiro atoms. The van der Waals surface area contributed by atoms with Gasteiger partial charge in [-0.3, -0.25) is 24.7 Å². The Kier molecular flexibility index (Phi) is 4.15. The number of non-ortho nitro benzene ring substituents is 1. The average molecular weight is 357 g/mol. The fourth-order valence-electron chi connectivity index (χ4n) is 5.91. The van der Waals surface area contributed by atoms with Crippen LogP contribution in [-0.4, -0.2) is 46.7 Å². The number of benzene rings is 1. The zero-order valence-corrected chi connectivity index (χ0v) is 15.6. The highest BCUT2D eigenvalue weighted by atomic mass is 16.6. The number of nitro groups is 1. The molecule has 0 atom stereocenters. The van der Waals surface area contributed by atoms with Crippen LogP contribution in [0.15, 0.2) is 24.3 Å². The van der Waals surface area contributed by atoms with E-state index in [9.17, 15) is 14.9 Å². The zero-order chi connectivity index (χ0) is 18.5. The molecule has 0 amide bonds. The summed E-state index contributed by atoms with van der Waals surface area (Å²) in [5, 5.41) is 11.2. The van der Waals surface area contributed by atoms with E-state index >= 15 is 0 Å². The van der Waals surface area contributed by atoms with Crippen LogP contribution in [0.25, 0.3) is 0 Å². The Hall–Kier alpha value is -1.79. The third-order valence-electron chi connectivity index (χ3n) is 6.51. The van der Waals surface area contributed by atoms with Crippen LogP contribution in [0.5, 0.6) is 0 Å². The number of nitrogens with zero attached hydrogens (tertiary/aromatic N) is 3. The van der Waals surface area contributed by atoms with Crippen LogP contribution < -0.4 is 0 Å². The quantitative estimate of drug-likeness (QED) is 0.577. The van der Waals surface area contributed by atoms with Crippen molar-refractivity contribution in [3.63, 3.8) is 0 Å². The van der Waals surface area contributed by atoms with Gasteiger partial charge in [-0.25, -0.2) is 0 Å². The summed E-state index contributed by atoms with van der Waals surface area (Å²) in [7, 11) is 0. The van der Waals surface area contributed by atoms with E-state index in [4.69, 9.17) is 0 Å². The third kappa shape index (κ3) is 2.42. The molecule has 140 valence electrons. The minimum Gasteiger partial charge on any atom is -0.298 e. The minimum atomic E-state index is -0.328. The molecule has 4 saturated heterocycles. The van der Waals surface area contributed by atoms with Crippen molar-refractivity contribution >= 4 is 11.5 Å². The van der Waals surface area contributed by atoms with Crippen LogP contribution >= 0.6 is 0 Å². The van der Waals surface area contributed by atoms with Crippen LogP contribution in [0.2, 0.25) is 0 Å². The number of rotatable bonds is 6. The van der Waals surface area contributed by atoms with E-state index in [-0.39, 0.29) is 27.6 Å². The fourth-order valence-corrected chi connectivity index (χ4v) is 5.91. The van der Waals surface area contributed by atoms with Gasteiger partial charge < -0.3 is 0 Å². The van der Waals surface area contributed by atoms with Gasteiger partial charge in [0.1, 0.15) is 5.78 Å². The van der Waals surface area contributed by atoms with Crippen LogP contribution in [0, 0.1) is 20.9 Å². The highest BCUT2D eigenvalue weighted by Crippen LogP contribution is 2.55. The molecule has 1 aromatic carbocycles. The van der Waals surface area contributed by atoms with Crippen molar-refractivity contribution < 1.29 is 9.72 Å². The Morgan fingerprint density at radius 1 is 1.08 bits per heavy atom. The number of piperidine rings is 2. The molecule has 6 heteroatoms. The van der Waals surface area contributed by atoms with E-state index in [0.717, 1.165) is 57.4 Å². The molecule has 0 aromatic heterocycles. The summed E-state index contributed by atoms with van der Waals surface area (Å²) in [6.07, 6.45) is 3.95. The Morgan fingerprint density at radius 3 is 2.08 bits per heavy atom. The summed E-state index contributed by atoms with van der Waals surface area (Å²) in [5.41, 5.74) is 0.611. The lowest BCUT2D eigenvalue weighted by atomic mass is 9.57. The summed E-state index contributed by atoms with van der Waals surface area (Å²) in [6.45, 7) is 7.45. The van der Waals surface area contributed by atoms with Gasteiger partial charge in [0.05, 0.1) is 21.9 Å². The molecular weight excluding hydrogens is 330 g/mol. The normalized spacial score (nSPS) is 37.9. The van der Waals surface area contributed by atoms with Crippen molar-refractivity contribution in [2.45, 2.75) is 45.7 Å². The van der Waals surface area contributed by atoms with Crippen molar-refractivity contribution in [1.29, 1.82) is 0 Å². The highest BCUT2D eigenvalue weighted by Gasteiger charge is 2.64. The van der Waals surface area contributed by atoms with E-state index < -0.39 is 0 Å². The molecule has 0 radical (unpaired) electrons. The van der Waals surface area contributed by atoms with Crippen molar-refractivity contribution in [3.05, 3.63) is 39.9 Å². The van der Waals surface area contributed by atoms with Gasteiger partial charge in [0.25, 0.3) is 5.69 Å². The average Bonchev–Trinajstić information content (AvgIpc) is 2.59. The van der Waals surface area contributed by atoms with Crippen LogP contribution in [0.3, 0.4) is 0 Å². The number of hydrogen-bond acceptors (Lipinski definition) is 5. The molecule has 0 saturated carbocycles. The largest absolute Gasteiger partial charge is 0.298 e. The summed E-state index contributed by atoms with van der Waals surface area (Å²) < 4.78 is 0. The first-order valence-electron chi connectivity index (χ1n) is 9.72. The number of carbonyl (C=O) groups excluding carboxylic acids is 1. The number of hydrogen-bond donors (Lipinski definition) is 0. The molecule has 4 aliphatic heterocycles. The molecule has 1 aromatic rings. The molecule has 6 nitrogen and oxygen atoms in total. The van der Waals surface area contributed by atoms with Crippen LogP contribution in [0.1, 0.15) is 51.3 Å². The molecule has 4 fully saturated rings. The molecule has 4 aliphatic rings. The van der Waals surface area contributed by atoms with Gasteiger partial charge in [0.15, 0.2) is 0 Å². The monoisotopic (exact) mass is 357 g/mol. The van der Waals surface area contributed by atoms with E-state index in [0.29, 0.717) is 5.78 Å². The summed E-state index contributed by atoms with van der Waals surface area (Å²) >= 11 is 0. The highest BCUT2D eigenvalue weighted by molar-refractivity contribution is 5.93. The van der Waals surface area contributed by atoms with E-state index in [1.807, 2.05) is 6.07 Å².